The molecule has 0 aromatic carbocycles. The first-order valence-electron chi connectivity index (χ1n) is 6.93. The third kappa shape index (κ3) is 3.16. The maximum absolute atomic E-state index is 4.54. The van der Waals surface area contributed by atoms with E-state index in [4.69, 9.17) is 0 Å². The average molecular weight is 309 g/mol. The minimum absolute atomic E-state index is 0.810. The molecular formula is C13H19N5S2. The lowest BCUT2D eigenvalue weighted by Gasteiger charge is -2.29. The highest BCUT2D eigenvalue weighted by Crippen LogP contribution is 2.31. The van der Waals surface area contributed by atoms with Gasteiger partial charge in [0.1, 0.15) is 5.01 Å². The molecule has 1 unspecified atom stereocenters. The first-order valence-corrected chi connectivity index (χ1v) is 8.56. The highest BCUT2D eigenvalue weighted by Gasteiger charge is 2.18. The highest BCUT2D eigenvalue weighted by atomic mass is 32.1. The molecule has 20 heavy (non-hydrogen) atoms. The molecule has 0 radical (unpaired) electrons. The fraction of sp³-hybridized carbons (Fsp3) is 0.615. The molecule has 1 saturated heterocycles. The molecule has 1 aliphatic rings. The second-order valence-corrected chi connectivity index (χ2v) is 7.36. The van der Waals surface area contributed by atoms with Crippen LogP contribution in [0, 0.1) is 5.92 Å². The molecule has 0 saturated carbocycles. The van der Waals surface area contributed by atoms with Gasteiger partial charge in [0.15, 0.2) is 5.01 Å². The van der Waals surface area contributed by atoms with Crippen LogP contribution in [-0.4, -0.2) is 40.2 Å². The molecule has 2 aromatic heterocycles. The number of hydrogen-bond donors (Lipinski definition) is 1. The maximum atomic E-state index is 4.54. The lowest BCUT2D eigenvalue weighted by molar-refractivity contribution is 0.176. The summed E-state index contributed by atoms with van der Waals surface area (Å²) in [6, 6.07) is 0. The quantitative estimate of drug-likeness (QED) is 0.941. The summed E-state index contributed by atoms with van der Waals surface area (Å²) in [6.07, 6.45) is 4.59. The van der Waals surface area contributed by atoms with Crippen LogP contribution < -0.4 is 5.32 Å². The molecule has 1 N–H and O–H groups in total. The van der Waals surface area contributed by atoms with Crippen molar-refractivity contribution in [1.29, 1.82) is 0 Å². The summed E-state index contributed by atoms with van der Waals surface area (Å²) < 4.78 is 0. The Kier molecular flexibility index (Phi) is 4.28. The standard InChI is InChI=1S/C13H19N5S2/c1-9-4-3-5-18(7-9)8-11-15-6-10(19-11)12-16-17-13(14-2)20-12/h6,9H,3-5,7-8H2,1-2H3,(H,14,17). The lowest BCUT2D eigenvalue weighted by atomic mass is 10.0. The van der Waals surface area contributed by atoms with Gasteiger partial charge in [0, 0.05) is 19.8 Å². The average Bonchev–Trinajstić information content (AvgIpc) is 3.07. The number of hydrogen-bond acceptors (Lipinski definition) is 7. The van der Waals surface area contributed by atoms with Crippen molar-refractivity contribution in [2.45, 2.75) is 26.3 Å². The summed E-state index contributed by atoms with van der Waals surface area (Å²) in [5.74, 6) is 0.810. The third-order valence-electron chi connectivity index (χ3n) is 3.50. The fourth-order valence-electron chi connectivity index (χ4n) is 2.53. The van der Waals surface area contributed by atoms with Crippen molar-refractivity contribution in [1.82, 2.24) is 20.1 Å². The van der Waals surface area contributed by atoms with Crippen LogP contribution in [0.4, 0.5) is 5.13 Å². The van der Waals surface area contributed by atoms with E-state index in [1.807, 2.05) is 13.2 Å². The number of nitrogens with zero attached hydrogens (tertiary/aromatic N) is 4. The third-order valence-corrected chi connectivity index (χ3v) is 5.60. The minimum atomic E-state index is 0.810. The maximum Gasteiger partial charge on any atom is 0.205 e. The Labute approximate surface area is 127 Å². The summed E-state index contributed by atoms with van der Waals surface area (Å²) >= 11 is 3.30. The molecule has 7 heteroatoms. The molecule has 0 amide bonds. The van der Waals surface area contributed by atoms with Gasteiger partial charge in [0.25, 0.3) is 0 Å². The number of likely N-dealkylation sites (tertiary alicyclic amines) is 1. The van der Waals surface area contributed by atoms with Crippen LogP contribution >= 0.6 is 22.7 Å². The molecule has 108 valence electrons. The molecule has 3 rings (SSSR count). The lowest BCUT2D eigenvalue weighted by Crippen LogP contribution is -2.33. The summed E-state index contributed by atoms with van der Waals surface area (Å²) in [7, 11) is 1.86. The molecule has 0 spiro atoms. The molecule has 3 heterocycles. The summed E-state index contributed by atoms with van der Waals surface area (Å²) in [6.45, 7) is 5.69. The van der Waals surface area contributed by atoms with E-state index in [0.717, 1.165) is 27.5 Å². The summed E-state index contributed by atoms with van der Waals surface area (Å²) in [5, 5.41) is 14.3. The Bertz CT molecular complexity index is 565. The Balaban J connectivity index is 1.67. The van der Waals surface area contributed by atoms with Crippen LogP contribution in [-0.2, 0) is 6.54 Å². The van der Waals surface area contributed by atoms with Crippen molar-refractivity contribution in [3.63, 3.8) is 0 Å². The number of nitrogens with one attached hydrogen (secondary N) is 1. The minimum Gasteiger partial charge on any atom is -0.363 e. The van der Waals surface area contributed by atoms with Crippen molar-refractivity contribution in [2.75, 3.05) is 25.5 Å². The van der Waals surface area contributed by atoms with Gasteiger partial charge in [-0.15, -0.1) is 21.5 Å². The first-order chi connectivity index (χ1) is 9.74. The molecule has 1 atom stereocenters. The molecule has 0 aliphatic carbocycles. The van der Waals surface area contributed by atoms with Crippen LogP contribution in [0.2, 0.25) is 0 Å². The summed E-state index contributed by atoms with van der Waals surface area (Å²) in [4.78, 5) is 8.17. The highest BCUT2D eigenvalue weighted by molar-refractivity contribution is 7.23. The molecule has 5 nitrogen and oxygen atoms in total. The van der Waals surface area contributed by atoms with E-state index in [0.29, 0.717) is 0 Å². The van der Waals surface area contributed by atoms with E-state index in [1.54, 1.807) is 22.7 Å². The van der Waals surface area contributed by atoms with E-state index in [-0.39, 0.29) is 0 Å². The van der Waals surface area contributed by atoms with Crippen LogP contribution in [0.25, 0.3) is 9.88 Å². The van der Waals surface area contributed by atoms with Gasteiger partial charge in [-0.05, 0) is 25.3 Å². The van der Waals surface area contributed by atoms with E-state index in [9.17, 15) is 0 Å². The van der Waals surface area contributed by atoms with Gasteiger partial charge >= 0.3 is 0 Å². The largest absolute Gasteiger partial charge is 0.363 e. The zero-order valence-corrected chi connectivity index (χ0v) is 13.4. The Hall–Kier alpha value is -1.05. The molecular weight excluding hydrogens is 290 g/mol. The molecule has 0 bridgehead atoms. The summed E-state index contributed by atoms with van der Waals surface area (Å²) in [5.41, 5.74) is 0. The monoisotopic (exact) mass is 309 g/mol. The van der Waals surface area contributed by atoms with Gasteiger partial charge in [0.05, 0.1) is 11.4 Å². The van der Waals surface area contributed by atoms with E-state index in [2.05, 4.69) is 32.3 Å². The van der Waals surface area contributed by atoms with Crippen molar-refractivity contribution in [2.24, 2.45) is 5.92 Å². The Morgan fingerprint density at radius 2 is 2.30 bits per heavy atom. The van der Waals surface area contributed by atoms with Crippen LogP contribution in [0.15, 0.2) is 6.20 Å². The number of thiazole rings is 1. The predicted molar refractivity (Wildman–Crippen MR) is 84.2 cm³/mol. The zero-order valence-electron chi connectivity index (χ0n) is 11.8. The zero-order chi connectivity index (χ0) is 13.9. The fourth-order valence-corrected chi connectivity index (χ4v) is 4.22. The van der Waals surface area contributed by atoms with E-state index in [1.165, 1.54) is 30.9 Å². The number of piperidine rings is 1. The van der Waals surface area contributed by atoms with Crippen molar-refractivity contribution >= 4 is 27.8 Å². The van der Waals surface area contributed by atoms with Crippen LogP contribution in [0.3, 0.4) is 0 Å². The van der Waals surface area contributed by atoms with Crippen molar-refractivity contribution < 1.29 is 0 Å². The van der Waals surface area contributed by atoms with Gasteiger partial charge in [-0.2, -0.15) is 0 Å². The first kappa shape index (κ1) is 13.9. The Morgan fingerprint density at radius 3 is 3.05 bits per heavy atom. The molecule has 1 fully saturated rings. The number of rotatable bonds is 4. The van der Waals surface area contributed by atoms with Gasteiger partial charge in [-0.1, -0.05) is 18.3 Å². The van der Waals surface area contributed by atoms with E-state index >= 15 is 0 Å². The number of anilines is 1. The smallest absolute Gasteiger partial charge is 0.205 e. The second-order valence-electron chi connectivity index (χ2n) is 5.26. The van der Waals surface area contributed by atoms with Crippen molar-refractivity contribution in [3.05, 3.63) is 11.2 Å². The van der Waals surface area contributed by atoms with Gasteiger partial charge in [-0.25, -0.2) is 4.98 Å². The molecule has 1 aliphatic heterocycles. The molecule has 2 aromatic rings. The SMILES string of the molecule is CNc1nnc(-c2cnc(CN3CCCC(C)C3)s2)s1. The van der Waals surface area contributed by atoms with Crippen LogP contribution in [0.1, 0.15) is 24.8 Å². The van der Waals surface area contributed by atoms with Gasteiger partial charge < -0.3 is 5.32 Å². The van der Waals surface area contributed by atoms with Gasteiger partial charge in [-0.3, -0.25) is 4.90 Å². The predicted octanol–water partition coefficient (Wildman–Crippen LogP) is 2.94. The number of aromatic nitrogens is 3. The van der Waals surface area contributed by atoms with Crippen molar-refractivity contribution in [3.8, 4) is 9.88 Å². The van der Waals surface area contributed by atoms with Gasteiger partial charge in [0.2, 0.25) is 5.13 Å². The normalized spacial score (nSPS) is 20.2. The topological polar surface area (TPSA) is 53.9 Å². The van der Waals surface area contributed by atoms with Crippen LogP contribution in [0.5, 0.6) is 0 Å². The Morgan fingerprint density at radius 1 is 1.40 bits per heavy atom. The second kappa shape index (κ2) is 6.15. The van der Waals surface area contributed by atoms with E-state index < -0.39 is 0 Å².